The summed E-state index contributed by atoms with van der Waals surface area (Å²) in [6.07, 6.45) is 1.09. The summed E-state index contributed by atoms with van der Waals surface area (Å²) in [4.78, 5) is 24.8. The SMILES string of the molecule is CCCNc1c(NC(=O)Cc2ccccc2)c(=O)oc2ccccc12. The Morgan fingerprint density at radius 3 is 2.48 bits per heavy atom. The highest BCUT2D eigenvalue weighted by atomic mass is 16.4. The normalized spacial score (nSPS) is 10.6. The number of hydrogen-bond donors (Lipinski definition) is 2. The smallest absolute Gasteiger partial charge is 0.362 e. The lowest BCUT2D eigenvalue weighted by molar-refractivity contribution is -0.115. The number of nitrogens with one attached hydrogen (secondary N) is 2. The molecule has 3 aromatic rings. The molecule has 0 unspecified atom stereocenters. The lowest BCUT2D eigenvalue weighted by atomic mass is 10.1. The molecule has 0 aliphatic heterocycles. The van der Waals surface area contributed by atoms with Crippen molar-refractivity contribution in [3.05, 3.63) is 70.6 Å². The molecule has 0 aliphatic rings. The van der Waals surface area contributed by atoms with Crippen LogP contribution in [0.3, 0.4) is 0 Å². The summed E-state index contributed by atoms with van der Waals surface area (Å²) in [5, 5.41) is 6.73. The molecule has 0 atom stereocenters. The van der Waals surface area contributed by atoms with Crippen molar-refractivity contribution in [1.82, 2.24) is 0 Å². The fourth-order valence-electron chi connectivity index (χ4n) is 2.66. The number of amides is 1. The highest BCUT2D eigenvalue weighted by Crippen LogP contribution is 2.28. The van der Waals surface area contributed by atoms with Gasteiger partial charge >= 0.3 is 5.63 Å². The second-order valence-corrected chi connectivity index (χ2v) is 5.77. The van der Waals surface area contributed by atoms with E-state index >= 15 is 0 Å². The van der Waals surface area contributed by atoms with Crippen LogP contribution in [0.25, 0.3) is 11.0 Å². The van der Waals surface area contributed by atoms with E-state index in [0.717, 1.165) is 17.4 Å². The number of anilines is 2. The van der Waals surface area contributed by atoms with Crippen molar-refractivity contribution in [2.24, 2.45) is 0 Å². The van der Waals surface area contributed by atoms with Gasteiger partial charge in [0.25, 0.3) is 0 Å². The van der Waals surface area contributed by atoms with Gasteiger partial charge in [-0.15, -0.1) is 0 Å². The summed E-state index contributed by atoms with van der Waals surface area (Å²) in [5.41, 5.74) is 1.59. The van der Waals surface area contributed by atoms with Crippen LogP contribution in [0.15, 0.2) is 63.8 Å². The molecule has 128 valence electrons. The molecule has 0 aliphatic carbocycles. The molecule has 25 heavy (non-hydrogen) atoms. The van der Waals surface area contributed by atoms with Crippen LogP contribution in [-0.4, -0.2) is 12.5 Å². The number of fused-ring (bicyclic) bond motifs is 1. The lowest BCUT2D eigenvalue weighted by Gasteiger charge is -2.14. The first kappa shape index (κ1) is 16.8. The van der Waals surface area contributed by atoms with Gasteiger partial charge in [-0.05, 0) is 24.1 Å². The van der Waals surface area contributed by atoms with Gasteiger partial charge in [0, 0.05) is 11.9 Å². The molecular weight excluding hydrogens is 316 g/mol. The topological polar surface area (TPSA) is 71.3 Å². The van der Waals surface area contributed by atoms with E-state index < -0.39 is 5.63 Å². The van der Waals surface area contributed by atoms with Gasteiger partial charge in [0.15, 0.2) is 5.69 Å². The Kier molecular flexibility index (Phi) is 5.14. The van der Waals surface area contributed by atoms with E-state index in [1.54, 1.807) is 6.07 Å². The van der Waals surface area contributed by atoms with Crippen molar-refractivity contribution in [2.75, 3.05) is 17.2 Å². The number of rotatable bonds is 6. The summed E-state index contributed by atoms with van der Waals surface area (Å²) in [5.74, 6) is -0.256. The van der Waals surface area contributed by atoms with Gasteiger partial charge in [-0.2, -0.15) is 0 Å². The molecule has 1 amide bonds. The Balaban J connectivity index is 1.95. The second-order valence-electron chi connectivity index (χ2n) is 5.77. The molecule has 0 radical (unpaired) electrons. The quantitative estimate of drug-likeness (QED) is 0.672. The fraction of sp³-hybridized carbons (Fsp3) is 0.200. The predicted octanol–water partition coefficient (Wildman–Crippen LogP) is 3.80. The standard InChI is InChI=1S/C20H20N2O3/c1-2-12-21-18-15-10-6-7-11-16(15)25-20(24)19(18)22-17(23)13-14-8-4-3-5-9-14/h3-11,21H,2,12-13H2,1H3,(H,22,23). The third-order valence-corrected chi connectivity index (χ3v) is 3.84. The highest BCUT2D eigenvalue weighted by molar-refractivity contribution is 6.02. The Hall–Kier alpha value is -3.08. The first-order chi connectivity index (χ1) is 12.2. The van der Waals surface area contributed by atoms with Crippen LogP contribution in [-0.2, 0) is 11.2 Å². The molecule has 1 aromatic heterocycles. The molecule has 2 aromatic carbocycles. The van der Waals surface area contributed by atoms with Crippen LogP contribution in [0.1, 0.15) is 18.9 Å². The van der Waals surface area contributed by atoms with Gasteiger partial charge in [-0.25, -0.2) is 4.79 Å². The largest absolute Gasteiger partial charge is 0.421 e. The minimum atomic E-state index is -0.557. The van der Waals surface area contributed by atoms with Gasteiger partial charge in [-0.3, -0.25) is 4.79 Å². The van der Waals surface area contributed by atoms with Crippen molar-refractivity contribution in [1.29, 1.82) is 0 Å². The summed E-state index contributed by atoms with van der Waals surface area (Å²) in [7, 11) is 0. The van der Waals surface area contributed by atoms with Gasteiger partial charge in [0.05, 0.1) is 12.1 Å². The zero-order chi connectivity index (χ0) is 17.6. The van der Waals surface area contributed by atoms with Gasteiger partial charge < -0.3 is 15.1 Å². The number of carbonyl (C=O) groups is 1. The third kappa shape index (κ3) is 3.88. The average Bonchev–Trinajstić information content (AvgIpc) is 2.62. The number of para-hydroxylation sites is 1. The van der Waals surface area contributed by atoms with Crippen LogP contribution in [0.5, 0.6) is 0 Å². The van der Waals surface area contributed by atoms with E-state index in [0.29, 0.717) is 17.8 Å². The lowest BCUT2D eigenvalue weighted by Crippen LogP contribution is -2.21. The van der Waals surface area contributed by atoms with E-state index in [4.69, 9.17) is 4.42 Å². The van der Waals surface area contributed by atoms with Crippen molar-refractivity contribution in [2.45, 2.75) is 19.8 Å². The van der Waals surface area contributed by atoms with Crippen molar-refractivity contribution >= 4 is 28.3 Å². The molecule has 0 spiro atoms. The molecule has 0 saturated carbocycles. The zero-order valence-electron chi connectivity index (χ0n) is 14.0. The number of benzene rings is 2. The van der Waals surface area contributed by atoms with E-state index in [-0.39, 0.29) is 18.0 Å². The molecule has 3 rings (SSSR count). The summed E-state index contributed by atoms with van der Waals surface area (Å²) < 4.78 is 5.35. The van der Waals surface area contributed by atoms with Crippen LogP contribution < -0.4 is 16.3 Å². The predicted molar refractivity (Wildman–Crippen MR) is 100 cm³/mol. The van der Waals surface area contributed by atoms with Crippen molar-refractivity contribution < 1.29 is 9.21 Å². The summed E-state index contributed by atoms with van der Waals surface area (Å²) in [6, 6.07) is 16.7. The molecule has 5 heteroatoms. The molecular formula is C20H20N2O3. The Morgan fingerprint density at radius 2 is 1.72 bits per heavy atom. The molecule has 2 N–H and O–H groups in total. The van der Waals surface area contributed by atoms with Crippen LogP contribution >= 0.6 is 0 Å². The molecule has 0 saturated heterocycles. The number of hydrogen-bond acceptors (Lipinski definition) is 4. The molecule has 5 nitrogen and oxygen atoms in total. The van der Waals surface area contributed by atoms with Crippen LogP contribution in [0.4, 0.5) is 11.4 Å². The van der Waals surface area contributed by atoms with E-state index in [9.17, 15) is 9.59 Å². The minimum absolute atomic E-state index is 0.160. The van der Waals surface area contributed by atoms with Crippen LogP contribution in [0.2, 0.25) is 0 Å². The van der Waals surface area contributed by atoms with Crippen molar-refractivity contribution in [3.63, 3.8) is 0 Å². The van der Waals surface area contributed by atoms with Gasteiger partial charge in [-0.1, -0.05) is 49.4 Å². The summed E-state index contributed by atoms with van der Waals surface area (Å²) in [6.45, 7) is 2.73. The second kappa shape index (κ2) is 7.66. The maximum Gasteiger partial charge on any atom is 0.362 e. The van der Waals surface area contributed by atoms with Crippen molar-refractivity contribution in [3.8, 4) is 0 Å². The average molecular weight is 336 g/mol. The molecule has 1 heterocycles. The maximum atomic E-state index is 12.4. The summed E-state index contributed by atoms with van der Waals surface area (Å²) >= 11 is 0. The first-order valence-electron chi connectivity index (χ1n) is 8.32. The minimum Gasteiger partial charge on any atom is -0.421 e. The first-order valence-corrected chi connectivity index (χ1v) is 8.32. The van der Waals surface area contributed by atoms with Crippen LogP contribution in [0, 0.1) is 0 Å². The van der Waals surface area contributed by atoms with E-state index in [2.05, 4.69) is 10.6 Å². The zero-order valence-corrected chi connectivity index (χ0v) is 14.0. The third-order valence-electron chi connectivity index (χ3n) is 3.84. The van der Waals surface area contributed by atoms with Gasteiger partial charge in [0.2, 0.25) is 5.91 Å². The molecule has 0 fully saturated rings. The Morgan fingerprint density at radius 1 is 1.00 bits per heavy atom. The van der Waals surface area contributed by atoms with E-state index in [1.165, 1.54) is 0 Å². The van der Waals surface area contributed by atoms with Gasteiger partial charge in [0.1, 0.15) is 5.58 Å². The monoisotopic (exact) mass is 336 g/mol. The van der Waals surface area contributed by atoms with E-state index in [1.807, 2.05) is 55.5 Å². The fourth-order valence-corrected chi connectivity index (χ4v) is 2.66. The highest BCUT2D eigenvalue weighted by Gasteiger charge is 2.16. The Bertz CT molecular complexity index is 933. The Labute approximate surface area is 145 Å². The number of carbonyl (C=O) groups excluding carboxylic acids is 1. The molecule has 0 bridgehead atoms. The maximum absolute atomic E-state index is 12.4.